The Bertz CT molecular complexity index is 363. The van der Waals surface area contributed by atoms with E-state index in [2.05, 4.69) is 21.2 Å². The van der Waals surface area contributed by atoms with Crippen molar-refractivity contribution in [2.45, 2.75) is 13.0 Å². The molecule has 6 heteroatoms. The Morgan fingerprint density at radius 1 is 1.64 bits per heavy atom. The first-order valence-electron chi connectivity index (χ1n) is 3.78. The van der Waals surface area contributed by atoms with Crippen LogP contribution in [0.25, 0.3) is 0 Å². The molecule has 0 spiro atoms. The molecule has 14 heavy (non-hydrogen) atoms. The van der Waals surface area contributed by atoms with E-state index in [9.17, 15) is 9.59 Å². The molecule has 0 radical (unpaired) electrons. The van der Waals surface area contributed by atoms with Crippen molar-refractivity contribution in [1.29, 1.82) is 0 Å². The standard InChI is InChI=1S/C8H8BrNO3S/c1-4(8(12)13)10-7(11)5-2-6(9)14-3-5/h2-4H,1H3,(H,10,11)(H,12,13)/t4-/m1/s1. The molecule has 0 bridgehead atoms. The third-order valence-corrected chi connectivity index (χ3v) is 3.05. The minimum atomic E-state index is -1.05. The third-order valence-electron chi connectivity index (χ3n) is 1.55. The summed E-state index contributed by atoms with van der Waals surface area (Å²) >= 11 is 4.59. The Labute approximate surface area is 93.1 Å². The van der Waals surface area contributed by atoms with Crippen LogP contribution in [0, 0.1) is 0 Å². The second-order valence-electron chi connectivity index (χ2n) is 2.67. The van der Waals surface area contributed by atoms with Gasteiger partial charge in [-0.05, 0) is 28.9 Å². The molecule has 2 N–H and O–H groups in total. The third kappa shape index (κ3) is 2.81. The highest BCUT2D eigenvalue weighted by molar-refractivity contribution is 9.11. The molecule has 0 aliphatic heterocycles. The summed E-state index contributed by atoms with van der Waals surface area (Å²) in [5.74, 6) is -1.42. The lowest BCUT2D eigenvalue weighted by Gasteiger charge is -2.07. The predicted molar refractivity (Wildman–Crippen MR) is 56.6 cm³/mol. The highest BCUT2D eigenvalue weighted by Crippen LogP contribution is 2.20. The Balaban J connectivity index is 2.63. The molecule has 1 aromatic rings. The predicted octanol–water partition coefficient (Wildman–Crippen LogP) is 1.71. The van der Waals surface area contributed by atoms with Crippen molar-refractivity contribution in [2.24, 2.45) is 0 Å². The van der Waals surface area contributed by atoms with Gasteiger partial charge in [-0.2, -0.15) is 0 Å². The van der Waals surface area contributed by atoms with E-state index in [1.807, 2.05) is 0 Å². The summed E-state index contributed by atoms with van der Waals surface area (Å²) in [4.78, 5) is 21.8. The molecular weight excluding hydrogens is 270 g/mol. The van der Waals surface area contributed by atoms with Crippen molar-refractivity contribution >= 4 is 39.1 Å². The van der Waals surface area contributed by atoms with E-state index in [4.69, 9.17) is 5.11 Å². The molecule has 1 heterocycles. The van der Waals surface area contributed by atoms with Gasteiger partial charge in [-0.3, -0.25) is 9.59 Å². The normalized spacial score (nSPS) is 12.1. The zero-order valence-corrected chi connectivity index (χ0v) is 9.68. The number of rotatable bonds is 3. The van der Waals surface area contributed by atoms with Crippen LogP contribution < -0.4 is 5.32 Å². The number of hydrogen-bond acceptors (Lipinski definition) is 3. The Hall–Kier alpha value is -0.880. The van der Waals surface area contributed by atoms with E-state index < -0.39 is 12.0 Å². The van der Waals surface area contributed by atoms with Crippen LogP contribution in [-0.2, 0) is 4.79 Å². The fraction of sp³-hybridized carbons (Fsp3) is 0.250. The van der Waals surface area contributed by atoms with Crippen LogP contribution in [0.5, 0.6) is 0 Å². The Morgan fingerprint density at radius 2 is 2.29 bits per heavy atom. The summed E-state index contributed by atoms with van der Waals surface area (Å²) in [6.45, 7) is 1.42. The Morgan fingerprint density at radius 3 is 2.71 bits per heavy atom. The van der Waals surface area contributed by atoms with E-state index in [0.717, 1.165) is 3.79 Å². The molecular formula is C8H8BrNO3S. The molecule has 1 amide bonds. The van der Waals surface area contributed by atoms with Crippen molar-refractivity contribution in [3.63, 3.8) is 0 Å². The lowest BCUT2D eigenvalue weighted by atomic mass is 10.3. The first-order valence-corrected chi connectivity index (χ1v) is 5.45. The Kier molecular flexibility index (Phi) is 3.65. The molecule has 0 saturated carbocycles. The number of carboxylic acids is 1. The SMILES string of the molecule is C[C@@H](NC(=O)c1csc(Br)c1)C(=O)O. The molecule has 1 aromatic heterocycles. The van der Waals surface area contributed by atoms with Gasteiger partial charge in [-0.1, -0.05) is 0 Å². The van der Waals surface area contributed by atoms with Crippen LogP contribution in [0.3, 0.4) is 0 Å². The molecule has 4 nitrogen and oxygen atoms in total. The van der Waals surface area contributed by atoms with Gasteiger partial charge in [0.05, 0.1) is 9.35 Å². The average Bonchev–Trinajstić information content (AvgIpc) is 2.51. The number of nitrogens with one attached hydrogen (secondary N) is 1. The van der Waals surface area contributed by atoms with Gasteiger partial charge in [0.1, 0.15) is 6.04 Å². The van der Waals surface area contributed by atoms with E-state index in [0.29, 0.717) is 5.56 Å². The van der Waals surface area contributed by atoms with E-state index in [1.54, 1.807) is 11.4 Å². The van der Waals surface area contributed by atoms with Crippen LogP contribution in [0.4, 0.5) is 0 Å². The van der Waals surface area contributed by atoms with Gasteiger partial charge < -0.3 is 10.4 Å². The minimum absolute atomic E-state index is 0.373. The van der Waals surface area contributed by atoms with Crippen molar-refractivity contribution in [1.82, 2.24) is 5.32 Å². The first kappa shape index (κ1) is 11.2. The zero-order chi connectivity index (χ0) is 10.7. The second-order valence-corrected chi connectivity index (χ2v) is 4.96. The smallest absolute Gasteiger partial charge is 0.325 e. The summed E-state index contributed by atoms with van der Waals surface area (Å²) in [5.41, 5.74) is 0.468. The summed E-state index contributed by atoms with van der Waals surface area (Å²) in [6.07, 6.45) is 0. The van der Waals surface area contributed by atoms with Crippen LogP contribution in [0.15, 0.2) is 15.2 Å². The zero-order valence-electron chi connectivity index (χ0n) is 7.28. The number of carbonyl (C=O) groups excluding carboxylic acids is 1. The average molecular weight is 278 g/mol. The summed E-state index contributed by atoms with van der Waals surface area (Å²) < 4.78 is 0.839. The van der Waals surface area contributed by atoms with Crippen LogP contribution in [0.1, 0.15) is 17.3 Å². The van der Waals surface area contributed by atoms with Crippen LogP contribution >= 0.6 is 27.3 Å². The van der Waals surface area contributed by atoms with Gasteiger partial charge in [0.15, 0.2) is 0 Å². The van der Waals surface area contributed by atoms with E-state index >= 15 is 0 Å². The van der Waals surface area contributed by atoms with E-state index in [1.165, 1.54) is 18.3 Å². The maximum Gasteiger partial charge on any atom is 0.325 e. The molecule has 0 aromatic carbocycles. The lowest BCUT2D eigenvalue weighted by molar-refractivity contribution is -0.138. The molecule has 0 saturated heterocycles. The van der Waals surface area contributed by atoms with Crippen LogP contribution in [-0.4, -0.2) is 23.0 Å². The first-order chi connectivity index (χ1) is 6.50. The number of amides is 1. The quantitative estimate of drug-likeness (QED) is 0.884. The molecule has 1 rings (SSSR count). The fourth-order valence-electron chi connectivity index (χ4n) is 0.771. The fourth-order valence-corrected chi connectivity index (χ4v) is 1.91. The topological polar surface area (TPSA) is 66.4 Å². The lowest BCUT2D eigenvalue weighted by Crippen LogP contribution is -2.38. The molecule has 0 aliphatic rings. The van der Waals surface area contributed by atoms with Gasteiger partial charge >= 0.3 is 5.97 Å². The number of halogens is 1. The molecule has 76 valence electrons. The van der Waals surface area contributed by atoms with Crippen molar-refractivity contribution in [3.8, 4) is 0 Å². The molecule has 1 atom stereocenters. The maximum atomic E-state index is 11.4. The highest BCUT2D eigenvalue weighted by Gasteiger charge is 2.15. The van der Waals surface area contributed by atoms with Gasteiger partial charge in [-0.15, -0.1) is 11.3 Å². The monoisotopic (exact) mass is 277 g/mol. The van der Waals surface area contributed by atoms with Crippen molar-refractivity contribution in [3.05, 3.63) is 20.8 Å². The van der Waals surface area contributed by atoms with Gasteiger partial charge in [0.25, 0.3) is 5.91 Å². The number of carboxylic acid groups (broad SMARTS) is 1. The van der Waals surface area contributed by atoms with Gasteiger partial charge in [0, 0.05) is 5.38 Å². The molecule has 0 fully saturated rings. The second kappa shape index (κ2) is 4.56. The highest BCUT2D eigenvalue weighted by atomic mass is 79.9. The van der Waals surface area contributed by atoms with Crippen molar-refractivity contribution < 1.29 is 14.7 Å². The minimum Gasteiger partial charge on any atom is -0.480 e. The number of hydrogen-bond donors (Lipinski definition) is 2. The van der Waals surface area contributed by atoms with Gasteiger partial charge in [-0.25, -0.2) is 0 Å². The van der Waals surface area contributed by atoms with Crippen molar-refractivity contribution in [2.75, 3.05) is 0 Å². The molecule has 0 unspecified atom stereocenters. The van der Waals surface area contributed by atoms with Gasteiger partial charge in [0.2, 0.25) is 0 Å². The number of carbonyl (C=O) groups is 2. The number of thiophene rings is 1. The number of aliphatic carboxylic acids is 1. The summed E-state index contributed by atoms with van der Waals surface area (Å²) in [5, 5.41) is 12.6. The molecule has 0 aliphatic carbocycles. The largest absolute Gasteiger partial charge is 0.480 e. The summed E-state index contributed by atoms with van der Waals surface area (Å²) in [6, 6.07) is 0.773. The van der Waals surface area contributed by atoms with Crippen LogP contribution in [0.2, 0.25) is 0 Å². The van der Waals surface area contributed by atoms with E-state index in [-0.39, 0.29) is 5.91 Å². The maximum absolute atomic E-state index is 11.4. The summed E-state index contributed by atoms with van der Waals surface area (Å²) in [7, 11) is 0.